The summed E-state index contributed by atoms with van der Waals surface area (Å²) in [6.45, 7) is 4.39. The quantitative estimate of drug-likeness (QED) is 0.287. The summed E-state index contributed by atoms with van der Waals surface area (Å²) in [4.78, 5) is 62.9. The van der Waals surface area contributed by atoms with Crippen molar-refractivity contribution in [3.05, 3.63) is 33.9 Å². The van der Waals surface area contributed by atoms with Crippen LogP contribution in [0.1, 0.15) is 38.7 Å². The number of hydrogen-bond acceptors (Lipinski definition) is 7. The number of imide groups is 1. The Morgan fingerprint density at radius 2 is 1.79 bits per heavy atom. The number of esters is 1. The van der Waals surface area contributed by atoms with E-state index >= 15 is 0 Å². The molecule has 1 aromatic carbocycles. The molecule has 0 spiro atoms. The van der Waals surface area contributed by atoms with Crippen LogP contribution in [0.4, 0.5) is 11.4 Å². The number of amides is 3. The number of carbonyl (C=O) groups excluding carboxylic acids is 4. The van der Waals surface area contributed by atoms with Gasteiger partial charge in [0.2, 0.25) is 11.8 Å². The van der Waals surface area contributed by atoms with E-state index in [4.69, 9.17) is 4.74 Å². The normalized spacial score (nSPS) is 26.5. The number of nitro groups is 1. The number of nitrogens with one attached hydrogen (secondary N) is 1. The number of ether oxygens (including phenoxy) is 1. The first-order valence-corrected chi connectivity index (χ1v) is 11.2. The average Bonchev–Trinajstić information content (AvgIpc) is 3.43. The highest BCUT2D eigenvalue weighted by Gasteiger charge is 2.62. The second kappa shape index (κ2) is 8.57. The second-order valence-electron chi connectivity index (χ2n) is 9.53. The summed E-state index contributed by atoms with van der Waals surface area (Å²) in [6.07, 6.45) is 2.77. The molecule has 3 aliphatic rings. The molecule has 2 bridgehead atoms. The highest BCUT2D eigenvalue weighted by Crippen LogP contribution is 2.56. The van der Waals surface area contributed by atoms with Gasteiger partial charge in [0.25, 0.3) is 11.6 Å². The van der Waals surface area contributed by atoms with Gasteiger partial charge in [-0.1, -0.05) is 19.9 Å². The first-order chi connectivity index (χ1) is 15.6. The van der Waals surface area contributed by atoms with E-state index in [0.717, 1.165) is 24.2 Å². The molecule has 10 nitrogen and oxygen atoms in total. The number of nitro benzene ring substituents is 1. The van der Waals surface area contributed by atoms with E-state index < -0.39 is 29.4 Å². The molecule has 4 rings (SSSR count). The molecule has 3 fully saturated rings. The fraction of sp³-hybridized carbons (Fsp3) is 0.565. The Balaban J connectivity index is 1.41. The maximum Gasteiger partial charge on any atom is 0.330 e. The van der Waals surface area contributed by atoms with Crippen molar-refractivity contribution in [2.24, 2.45) is 29.6 Å². The third kappa shape index (κ3) is 3.98. The maximum absolute atomic E-state index is 13.1. The van der Waals surface area contributed by atoms with Crippen molar-refractivity contribution in [1.29, 1.82) is 0 Å². The molecule has 1 heterocycles. The summed E-state index contributed by atoms with van der Waals surface area (Å²) in [5.41, 5.74) is 0.500. The lowest BCUT2D eigenvalue weighted by Gasteiger charge is -2.28. The van der Waals surface area contributed by atoms with Gasteiger partial charge in [-0.05, 0) is 50.0 Å². The van der Waals surface area contributed by atoms with E-state index in [0.29, 0.717) is 5.56 Å². The number of likely N-dealkylation sites (tertiary alicyclic amines) is 1. The zero-order valence-electron chi connectivity index (χ0n) is 18.8. The number of aryl methyl sites for hydroxylation is 1. The summed E-state index contributed by atoms with van der Waals surface area (Å²) in [7, 11) is 0. The number of nitrogens with zero attached hydrogens (tertiary/aromatic N) is 2. The van der Waals surface area contributed by atoms with E-state index in [1.807, 2.05) is 0 Å². The SMILES string of the molecule is Cc1ccc(NC(=O)COC(=O)[C@H](C(C)C)N2C(=O)[C@@H]3[C@H]4CC[C@@H](C4)[C@H]3C2=O)cc1[N+](=O)[O-]. The van der Waals surface area contributed by atoms with Crippen molar-refractivity contribution in [1.82, 2.24) is 4.90 Å². The zero-order valence-corrected chi connectivity index (χ0v) is 18.8. The molecule has 0 aromatic heterocycles. The molecule has 3 amide bonds. The van der Waals surface area contributed by atoms with Crippen molar-refractivity contribution in [3.8, 4) is 0 Å². The third-order valence-corrected chi connectivity index (χ3v) is 7.15. The monoisotopic (exact) mass is 457 g/mol. The molecule has 33 heavy (non-hydrogen) atoms. The van der Waals surface area contributed by atoms with Crippen molar-refractivity contribution >= 4 is 35.1 Å². The number of rotatable bonds is 7. The van der Waals surface area contributed by atoms with Crippen molar-refractivity contribution in [2.75, 3.05) is 11.9 Å². The van der Waals surface area contributed by atoms with Crippen LogP contribution in [0.2, 0.25) is 0 Å². The summed E-state index contributed by atoms with van der Waals surface area (Å²) < 4.78 is 5.17. The molecular weight excluding hydrogens is 430 g/mol. The molecule has 1 aromatic rings. The Hall–Kier alpha value is -3.30. The number of carbonyl (C=O) groups is 4. The molecule has 10 heteroatoms. The lowest BCUT2D eigenvalue weighted by atomic mass is 9.81. The van der Waals surface area contributed by atoms with Gasteiger partial charge in [-0.25, -0.2) is 4.79 Å². The van der Waals surface area contributed by atoms with Gasteiger partial charge in [0.15, 0.2) is 6.61 Å². The summed E-state index contributed by atoms with van der Waals surface area (Å²) in [5, 5.41) is 13.5. The van der Waals surface area contributed by atoms with E-state index in [9.17, 15) is 29.3 Å². The first kappa shape index (κ1) is 22.9. The summed E-state index contributed by atoms with van der Waals surface area (Å²) in [5.74, 6) is -2.76. The minimum Gasteiger partial charge on any atom is -0.454 e. The van der Waals surface area contributed by atoms with Crippen molar-refractivity contribution in [2.45, 2.75) is 46.1 Å². The lowest BCUT2D eigenvalue weighted by molar-refractivity contribution is -0.385. The number of hydrogen-bond donors (Lipinski definition) is 1. The average molecular weight is 457 g/mol. The molecule has 0 unspecified atom stereocenters. The lowest BCUT2D eigenvalue weighted by Crippen LogP contribution is -2.50. The Labute approximate surface area is 190 Å². The minimum absolute atomic E-state index is 0.143. The van der Waals surface area contributed by atoms with Gasteiger partial charge in [-0.2, -0.15) is 0 Å². The Kier molecular flexibility index (Phi) is 5.94. The fourth-order valence-electron chi connectivity index (χ4n) is 5.68. The summed E-state index contributed by atoms with van der Waals surface area (Å²) >= 11 is 0. The molecular formula is C23H27N3O7. The molecule has 5 atom stereocenters. The fourth-order valence-corrected chi connectivity index (χ4v) is 5.68. The van der Waals surface area contributed by atoms with Gasteiger partial charge in [0.05, 0.1) is 16.8 Å². The Morgan fingerprint density at radius 1 is 1.18 bits per heavy atom. The van der Waals surface area contributed by atoms with E-state index in [1.165, 1.54) is 18.2 Å². The smallest absolute Gasteiger partial charge is 0.330 e. The van der Waals surface area contributed by atoms with Crippen molar-refractivity contribution in [3.63, 3.8) is 0 Å². The van der Waals surface area contributed by atoms with Gasteiger partial charge in [-0.15, -0.1) is 0 Å². The molecule has 1 N–H and O–H groups in total. The van der Waals surface area contributed by atoms with E-state index in [1.54, 1.807) is 20.8 Å². The first-order valence-electron chi connectivity index (χ1n) is 11.2. The van der Waals surface area contributed by atoms with Crippen LogP contribution in [-0.2, 0) is 23.9 Å². The highest BCUT2D eigenvalue weighted by atomic mass is 16.6. The van der Waals surface area contributed by atoms with Crippen LogP contribution in [0.25, 0.3) is 0 Å². The topological polar surface area (TPSA) is 136 Å². The van der Waals surface area contributed by atoms with Crippen LogP contribution < -0.4 is 5.32 Å². The standard InChI is InChI=1S/C23H27N3O7/c1-11(2)20(25-21(28)18-13-5-6-14(8-13)19(18)22(25)29)23(30)33-10-17(27)24-15-7-4-12(3)16(9-15)26(31)32/h4,7,9,11,13-14,18-20H,5-6,8,10H2,1-3H3,(H,24,27)/t13-,14-,18+,19+,20-/m0/s1. The van der Waals surface area contributed by atoms with Gasteiger partial charge >= 0.3 is 5.97 Å². The van der Waals surface area contributed by atoms with Crippen LogP contribution in [-0.4, -0.2) is 46.2 Å². The van der Waals surface area contributed by atoms with Gasteiger partial charge in [0.1, 0.15) is 6.04 Å². The zero-order chi connectivity index (χ0) is 24.0. The minimum atomic E-state index is -1.09. The Bertz CT molecular complexity index is 1010. The van der Waals surface area contributed by atoms with Crippen molar-refractivity contribution < 1.29 is 28.8 Å². The molecule has 2 aliphatic carbocycles. The maximum atomic E-state index is 13.1. The number of benzene rings is 1. The van der Waals surface area contributed by atoms with Gasteiger partial charge in [0, 0.05) is 17.3 Å². The van der Waals surface area contributed by atoms with Crippen LogP contribution in [0.15, 0.2) is 18.2 Å². The molecule has 1 saturated heterocycles. The van der Waals surface area contributed by atoms with Crippen LogP contribution in [0.5, 0.6) is 0 Å². The highest BCUT2D eigenvalue weighted by molar-refractivity contribution is 6.08. The number of anilines is 1. The molecule has 2 saturated carbocycles. The third-order valence-electron chi connectivity index (χ3n) is 7.15. The Morgan fingerprint density at radius 3 is 2.33 bits per heavy atom. The molecule has 1 aliphatic heterocycles. The summed E-state index contributed by atoms with van der Waals surface area (Å²) in [6, 6.07) is 3.14. The largest absolute Gasteiger partial charge is 0.454 e. The predicted molar refractivity (Wildman–Crippen MR) is 116 cm³/mol. The number of fused-ring (bicyclic) bond motifs is 5. The molecule has 0 radical (unpaired) electrons. The van der Waals surface area contributed by atoms with E-state index in [2.05, 4.69) is 5.32 Å². The second-order valence-corrected chi connectivity index (χ2v) is 9.53. The van der Waals surface area contributed by atoms with Crippen LogP contribution >= 0.6 is 0 Å². The van der Waals surface area contributed by atoms with Crippen LogP contribution in [0, 0.1) is 46.6 Å². The van der Waals surface area contributed by atoms with E-state index in [-0.39, 0.29) is 52.8 Å². The van der Waals surface area contributed by atoms with Gasteiger partial charge in [-0.3, -0.25) is 29.4 Å². The van der Waals surface area contributed by atoms with Gasteiger partial charge < -0.3 is 10.1 Å². The van der Waals surface area contributed by atoms with Crippen LogP contribution in [0.3, 0.4) is 0 Å². The molecule has 176 valence electrons. The predicted octanol–water partition coefficient (Wildman–Crippen LogP) is 2.44.